The number of benzene rings is 1. The maximum atomic E-state index is 12.8. The van der Waals surface area contributed by atoms with E-state index in [1.165, 1.54) is 12.1 Å². The minimum atomic E-state index is -0.606. The molecule has 3 heteroatoms. The zero-order chi connectivity index (χ0) is 12.3. The van der Waals surface area contributed by atoms with E-state index in [2.05, 4.69) is 5.32 Å². The highest BCUT2D eigenvalue weighted by atomic mass is 19.1. The predicted octanol–water partition coefficient (Wildman–Crippen LogP) is 2.26. The summed E-state index contributed by atoms with van der Waals surface area (Å²) in [7, 11) is 1.97. The Morgan fingerprint density at radius 2 is 1.88 bits per heavy atom. The van der Waals surface area contributed by atoms with Gasteiger partial charge in [0.1, 0.15) is 5.82 Å². The summed E-state index contributed by atoms with van der Waals surface area (Å²) in [6.45, 7) is 0. The minimum Gasteiger partial charge on any atom is -0.390 e. The first-order chi connectivity index (χ1) is 8.11. The summed E-state index contributed by atoms with van der Waals surface area (Å²) < 4.78 is 12.8. The van der Waals surface area contributed by atoms with Crippen molar-refractivity contribution in [1.29, 1.82) is 0 Å². The molecule has 0 aromatic heterocycles. The lowest BCUT2D eigenvalue weighted by Crippen LogP contribution is -2.41. The van der Waals surface area contributed by atoms with Crippen molar-refractivity contribution in [3.8, 4) is 0 Å². The monoisotopic (exact) mass is 237 g/mol. The molecule has 0 heterocycles. The lowest BCUT2D eigenvalue weighted by atomic mass is 9.78. The molecule has 0 unspecified atom stereocenters. The molecule has 2 N–H and O–H groups in total. The van der Waals surface area contributed by atoms with Crippen LogP contribution in [0.15, 0.2) is 24.3 Å². The molecule has 94 valence electrons. The van der Waals surface area contributed by atoms with Gasteiger partial charge in [-0.2, -0.15) is 0 Å². The topological polar surface area (TPSA) is 32.3 Å². The maximum absolute atomic E-state index is 12.8. The number of hydrogen-bond donors (Lipinski definition) is 2. The van der Waals surface area contributed by atoms with Crippen LogP contribution in [0.4, 0.5) is 4.39 Å². The van der Waals surface area contributed by atoms with E-state index < -0.39 is 5.60 Å². The van der Waals surface area contributed by atoms with Gasteiger partial charge in [0.25, 0.3) is 0 Å². The summed E-state index contributed by atoms with van der Waals surface area (Å²) >= 11 is 0. The standard InChI is InChI=1S/C14H20FNO/c1-16-13-6-8-14(17,9-7-13)10-11-2-4-12(15)5-3-11/h2-5,13,16-17H,6-10H2,1H3. The van der Waals surface area contributed by atoms with Crippen LogP contribution in [0.25, 0.3) is 0 Å². The molecule has 1 aliphatic rings. The molecule has 1 aliphatic carbocycles. The van der Waals surface area contributed by atoms with Gasteiger partial charge in [0.15, 0.2) is 0 Å². The largest absolute Gasteiger partial charge is 0.390 e. The summed E-state index contributed by atoms with van der Waals surface area (Å²) in [5.74, 6) is -0.223. The van der Waals surface area contributed by atoms with E-state index >= 15 is 0 Å². The van der Waals surface area contributed by atoms with Gasteiger partial charge in [0.05, 0.1) is 5.60 Å². The van der Waals surface area contributed by atoms with E-state index in [0.717, 1.165) is 31.2 Å². The van der Waals surface area contributed by atoms with Crippen LogP contribution >= 0.6 is 0 Å². The molecule has 0 saturated heterocycles. The Labute approximate surface area is 102 Å². The quantitative estimate of drug-likeness (QED) is 0.845. The van der Waals surface area contributed by atoms with Crippen LogP contribution in [-0.4, -0.2) is 23.8 Å². The van der Waals surface area contributed by atoms with E-state index in [4.69, 9.17) is 0 Å². The Kier molecular flexibility index (Phi) is 3.79. The molecule has 1 aromatic carbocycles. The summed E-state index contributed by atoms with van der Waals surface area (Å²) in [4.78, 5) is 0. The highest BCUT2D eigenvalue weighted by Gasteiger charge is 2.32. The molecule has 0 atom stereocenters. The third-order valence-electron chi connectivity index (χ3n) is 3.77. The minimum absolute atomic E-state index is 0.223. The summed E-state index contributed by atoms with van der Waals surface area (Å²) in [5.41, 5.74) is 0.405. The van der Waals surface area contributed by atoms with Gasteiger partial charge in [0.2, 0.25) is 0 Å². The fraction of sp³-hybridized carbons (Fsp3) is 0.571. The fourth-order valence-electron chi connectivity index (χ4n) is 2.60. The smallest absolute Gasteiger partial charge is 0.123 e. The van der Waals surface area contributed by atoms with Crippen molar-refractivity contribution in [3.63, 3.8) is 0 Å². The van der Waals surface area contributed by atoms with E-state index in [-0.39, 0.29) is 5.82 Å². The van der Waals surface area contributed by atoms with Crippen LogP contribution in [0, 0.1) is 5.82 Å². The van der Waals surface area contributed by atoms with Crippen LogP contribution < -0.4 is 5.32 Å². The van der Waals surface area contributed by atoms with Gasteiger partial charge in [-0.3, -0.25) is 0 Å². The van der Waals surface area contributed by atoms with Gasteiger partial charge in [-0.1, -0.05) is 12.1 Å². The van der Waals surface area contributed by atoms with Gasteiger partial charge in [-0.25, -0.2) is 4.39 Å². The van der Waals surface area contributed by atoms with E-state index in [1.807, 2.05) is 7.05 Å². The Bertz CT molecular complexity index is 355. The fourth-order valence-corrected chi connectivity index (χ4v) is 2.60. The molecule has 1 aromatic rings. The number of rotatable bonds is 3. The highest BCUT2D eigenvalue weighted by molar-refractivity contribution is 5.18. The second-order valence-electron chi connectivity index (χ2n) is 5.09. The van der Waals surface area contributed by atoms with Gasteiger partial charge >= 0.3 is 0 Å². The van der Waals surface area contributed by atoms with Crippen LogP contribution in [0.1, 0.15) is 31.2 Å². The molecule has 0 spiro atoms. The van der Waals surface area contributed by atoms with Crippen molar-refractivity contribution in [2.24, 2.45) is 0 Å². The molecule has 1 saturated carbocycles. The summed E-state index contributed by atoms with van der Waals surface area (Å²) in [6, 6.07) is 6.97. The van der Waals surface area contributed by atoms with E-state index in [9.17, 15) is 9.50 Å². The molecule has 0 amide bonds. The van der Waals surface area contributed by atoms with Crippen molar-refractivity contribution >= 4 is 0 Å². The van der Waals surface area contributed by atoms with Gasteiger partial charge < -0.3 is 10.4 Å². The SMILES string of the molecule is CNC1CCC(O)(Cc2ccc(F)cc2)CC1. The highest BCUT2D eigenvalue weighted by Crippen LogP contribution is 2.31. The lowest BCUT2D eigenvalue weighted by molar-refractivity contribution is -0.00243. The first-order valence-corrected chi connectivity index (χ1v) is 6.25. The second-order valence-corrected chi connectivity index (χ2v) is 5.09. The van der Waals surface area contributed by atoms with Crippen molar-refractivity contribution in [1.82, 2.24) is 5.32 Å². The normalized spacial score (nSPS) is 29.2. The van der Waals surface area contributed by atoms with Gasteiger partial charge in [-0.15, -0.1) is 0 Å². The number of nitrogens with one attached hydrogen (secondary N) is 1. The van der Waals surface area contributed by atoms with Crippen molar-refractivity contribution in [2.45, 2.75) is 43.7 Å². The average molecular weight is 237 g/mol. The molecule has 0 radical (unpaired) electrons. The van der Waals surface area contributed by atoms with Crippen molar-refractivity contribution in [3.05, 3.63) is 35.6 Å². The molecular weight excluding hydrogens is 217 g/mol. The molecule has 17 heavy (non-hydrogen) atoms. The average Bonchev–Trinajstić information content (AvgIpc) is 2.33. The number of aliphatic hydroxyl groups is 1. The zero-order valence-corrected chi connectivity index (χ0v) is 10.2. The Morgan fingerprint density at radius 1 is 1.29 bits per heavy atom. The Morgan fingerprint density at radius 3 is 2.41 bits per heavy atom. The molecule has 0 bridgehead atoms. The first-order valence-electron chi connectivity index (χ1n) is 6.25. The predicted molar refractivity (Wildman–Crippen MR) is 66.4 cm³/mol. The van der Waals surface area contributed by atoms with E-state index in [0.29, 0.717) is 12.5 Å². The molecular formula is C14H20FNO. The zero-order valence-electron chi connectivity index (χ0n) is 10.2. The molecule has 0 aliphatic heterocycles. The summed E-state index contributed by atoms with van der Waals surface area (Å²) in [5, 5.41) is 13.7. The Hall–Kier alpha value is -0.930. The van der Waals surface area contributed by atoms with Crippen LogP contribution in [0.5, 0.6) is 0 Å². The van der Waals surface area contributed by atoms with Crippen molar-refractivity contribution < 1.29 is 9.50 Å². The van der Waals surface area contributed by atoms with E-state index in [1.54, 1.807) is 12.1 Å². The maximum Gasteiger partial charge on any atom is 0.123 e. The lowest BCUT2D eigenvalue weighted by Gasteiger charge is -2.36. The first kappa shape index (κ1) is 12.5. The summed E-state index contributed by atoms with van der Waals surface area (Å²) in [6.07, 6.45) is 4.28. The van der Waals surface area contributed by atoms with Crippen LogP contribution in [0.3, 0.4) is 0 Å². The van der Waals surface area contributed by atoms with Gasteiger partial charge in [-0.05, 0) is 50.4 Å². The van der Waals surface area contributed by atoms with Gasteiger partial charge in [0, 0.05) is 12.5 Å². The third kappa shape index (κ3) is 3.27. The third-order valence-corrected chi connectivity index (χ3v) is 3.77. The Balaban J connectivity index is 1.96. The molecule has 2 nitrogen and oxygen atoms in total. The second kappa shape index (κ2) is 5.15. The number of hydrogen-bond acceptors (Lipinski definition) is 2. The van der Waals surface area contributed by atoms with Crippen LogP contribution in [-0.2, 0) is 6.42 Å². The van der Waals surface area contributed by atoms with Crippen LogP contribution in [0.2, 0.25) is 0 Å². The van der Waals surface area contributed by atoms with Crippen molar-refractivity contribution in [2.75, 3.05) is 7.05 Å². The molecule has 2 rings (SSSR count). The number of halogens is 1. The molecule has 1 fully saturated rings.